The zero-order chi connectivity index (χ0) is 13.1. The highest BCUT2D eigenvalue weighted by atomic mass is 35.5. The van der Waals surface area contributed by atoms with Gasteiger partial charge >= 0.3 is 0 Å². The molecule has 1 aromatic carbocycles. The highest BCUT2D eigenvalue weighted by Crippen LogP contribution is 2.20. The van der Waals surface area contributed by atoms with Gasteiger partial charge in [0.2, 0.25) is 0 Å². The first-order valence-electron chi connectivity index (χ1n) is 5.31. The first-order chi connectivity index (χ1) is 7.93. The van der Waals surface area contributed by atoms with Crippen molar-refractivity contribution < 1.29 is 14.3 Å². The minimum absolute atomic E-state index is 0.0693. The molecule has 0 fully saturated rings. The number of amides is 1. The number of nitrogens with one attached hydrogen (secondary N) is 1. The van der Waals surface area contributed by atoms with E-state index in [1.165, 1.54) is 18.2 Å². The van der Waals surface area contributed by atoms with Crippen molar-refractivity contribution in [1.82, 2.24) is 5.32 Å². The summed E-state index contributed by atoms with van der Waals surface area (Å²) in [5.74, 6) is -1.13. The lowest BCUT2D eigenvalue weighted by Crippen LogP contribution is -2.48. The molecule has 0 saturated heterocycles. The smallest absolute Gasteiger partial charge is 0.253 e. The molecular weight excluding hydrogens is 245 g/mol. The molecular formula is C12H15ClFNO2. The first kappa shape index (κ1) is 13.9. The zero-order valence-corrected chi connectivity index (χ0v) is 10.5. The summed E-state index contributed by atoms with van der Waals surface area (Å²) >= 11 is 5.70. The van der Waals surface area contributed by atoms with E-state index in [9.17, 15) is 14.3 Å². The fraction of sp³-hybridized carbons (Fsp3) is 0.417. The Labute approximate surface area is 105 Å². The van der Waals surface area contributed by atoms with Crippen LogP contribution in [0.15, 0.2) is 18.2 Å². The monoisotopic (exact) mass is 259 g/mol. The number of rotatable bonds is 4. The van der Waals surface area contributed by atoms with Gasteiger partial charge in [-0.1, -0.05) is 24.6 Å². The summed E-state index contributed by atoms with van der Waals surface area (Å²) in [6.45, 7) is 3.35. The Balaban J connectivity index is 2.94. The normalized spacial score (nSPS) is 14.2. The lowest BCUT2D eigenvalue weighted by Gasteiger charge is -2.27. The van der Waals surface area contributed by atoms with Gasteiger partial charge in [0.05, 0.1) is 22.7 Å². The molecule has 0 heterocycles. The van der Waals surface area contributed by atoms with Gasteiger partial charge in [0.25, 0.3) is 5.91 Å². The van der Waals surface area contributed by atoms with Crippen LogP contribution in [-0.4, -0.2) is 23.2 Å². The van der Waals surface area contributed by atoms with Crippen LogP contribution < -0.4 is 5.32 Å². The number of aliphatic hydroxyl groups is 1. The van der Waals surface area contributed by atoms with Gasteiger partial charge in [-0.3, -0.25) is 4.79 Å². The number of hydrogen-bond donors (Lipinski definition) is 2. The predicted molar refractivity (Wildman–Crippen MR) is 64.7 cm³/mol. The van der Waals surface area contributed by atoms with Crippen molar-refractivity contribution >= 4 is 17.5 Å². The molecule has 0 radical (unpaired) electrons. The topological polar surface area (TPSA) is 49.3 Å². The van der Waals surface area contributed by atoms with E-state index in [4.69, 9.17) is 11.6 Å². The van der Waals surface area contributed by atoms with Gasteiger partial charge in [0.1, 0.15) is 5.82 Å². The molecule has 0 saturated carbocycles. The van der Waals surface area contributed by atoms with Gasteiger partial charge in [-0.15, -0.1) is 0 Å². The zero-order valence-electron chi connectivity index (χ0n) is 9.76. The van der Waals surface area contributed by atoms with Crippen LogP contribution >= 0.6 is 11.6 Å². The molecule has 0 spiro atoms. The van der Waals surface area contributed by atoms with E-state index in [0.29, 0.717) is 6.42 Å². The molecule has 0 aromatic heterocycles. The third-order valence-corrected chi connectivity index (χ3v) is 3.12. The first-order valence-corrected chi connectivity index (χ1v) is 5.68. The van der Waals surface area contributed by atoms with Crippen LogP contribution in [0.25, 0.3) is 0 Å². The van der Waals surface area contributed by atoms with Crippen molar-refractivity contribution in [2.45, 2.75) is 25.8 Å². The summed E-state index contributed by atoms with van der Waals surface area (Å²) in [4.78, 5) is 11.9. The molecule has 1 rings (SSSR count). The van der Waals surface area contributed by atoms with E-state index >= 15 is 0 Å². The molecule has 5 heteroatoms. The number of aliphatic hydroxyl groups excluding tert-OH is 1. The molecule has 1 aromatic rings. The summed E-state index contributed by atoms with van der Waals surface area (Å²) in [5.41, 5.74) is -0.660. The van der Waals surface area contributed by atoms with Crippen molar-refractivity contribution in [3.05, 3.63) is 34.6 Å². The fourth-order valence-corrected chi connectivity index (χ4v) is 1.47. The van der Waals surface area contributed by atoms with E-state index in [-0.39, 0.29) is 17.2 Å². The fourth-order valence-electron chi connectivity index (χ4n) is 1.26. The lowest BCUT2D eigenvalue weighted by molar-refractivity contribution is 0.0847. The van der Waals surface area contributed by atoms with Gasteiger partial charge in [-0.25, -0.2) is 4.39 Å². The molecule has 3 nitrogen and oxygen atoms in total. The summed E-state index contributed by atoms with van der Waals surface area (Å²) in [5, 5.41) is 11.6. The van der Waals surface area contributed by atoms with Crippen LogP contribution in [-0.2, 0) is 0 Å². The third-order valence-electron chi connectivity index (χ3n) is 2.74. The van der Waals surface area contributed by atoms with Crippen molar-refractivity contribution in [2.24, 2.45) is 0 Å². The van der Waals surface area contributed by atoms with E-state index in [2.05, 4.69) is 5.32 Å². The van der Waals surface area contributed by atoms with Gasteiger partial charge in [-0.2, -0.15) is 0 Å². The second kappa shape index (κ2) is 5.47. The second-order valence-corrected chi connectivity index (χ2v) is 4.51. The highest BCUT2D eigenvalue weighted by Gasteiger charge is 2.25. The quantitative estimate of drug-likeness (QED) is 0.872. The molecule has 1 atom stereocenters. The molecule has 2 N–H and O–H groups in total. The molecule has 1 unspecified atom stereocenters. The van der Waals surface area contributed by atoms with Gasteiger partial charge < -0.3 is 10.4 Å². The number of benzene rings is 1. The minimum atomic E-state index is -0.729. The Bertz CT molecular complexity index is 419. The van der Waals surface area contributed by atoms with Crippen LogP contribution in [0, 0.1) is 5.82 Å². The Hall–Kier alpha value is -1.13. The highest BCUT2D eigenvalue weighted by molar-refractivity contribution is 6.34. The predicted octanol–water partition coefficient (Wildman–Crippen LogP) is 2.37. The standard InChI is InChI=1S/C12H15ClFNO2/c1-3-12(2,7-16)15-11(17)8-5-4-6-9(14)10(8)13/h4-6,16H,3,7H2,1-2H3,(H,15,17). The molecule has 0 aliphatic carbocycles. The van der Waals surface area contributed by atoms with Crippen molar-refractivity contribution in [2.75, 3.05) is 6.61 Å². The SMILES string of the molecule is CCC(C)(CO)NC(=O)c1cccc(F)c1Cl. The molecule has 0 aliphatic rings. The van der Waals surface area contributed by atoms with Crippen LogP contribution in [0.5, 0.6) is 0 Å². The molecule has 0 aliphatic heterocycles. The Kier molecular flexibility index (Phi) is 4.48. The van der Waals surface area contributed by atoms with Crippen LogP contribution in [0.4, 0.5) is 4.39 Å². The van der Waals surface area contributed by atoms with E-state index < -0.39 is 17.3 Å². The minimum Gasteiger partial charge on any atom is -0.394 e. The maximum Gasteiger partial charge on any atom is 0.253 e. The third kappa shape index (κ3) is 3.17. The largest absolute Gasteiger partial charge is 0.394 e. The van der Waals surface area contributed by atoms with Crippen LogP contribution in [0.3, 0.4) is 0 Å². The average Bonchev–Trinajstić information content (AvgIpc) is 2.32. The summed E-state index contributed by atoms with van der Waals surface area (Å²) < 4.78 is 13.2. The molecule has 1 amide bonds. The summed E-state index contributed by atoms with van der Waals surface area (Å²) in [6, 6.07) is 4.04. The van der Waals surface area contributed by atoms with E-state index in [1.54, 1.807) is 6.92 Å². The summed E-state index contributed by atoms with van der Waals surface area (Å²) in [7, 11) is 0. The van der Waals surface area contributed by atoms with E-state index in [0.717, 1.165) is 0 Å². The molecule has 17 heavy (non-hydrogen) atoms. The second-order valence-electron chi connectivity index (χ2n) is 4.13. The Morgan fingerprint density at radius 1 is 1.59 bits per heavy atom. The van der Waals surface area contributed by atoms with Crippen molar-refractivity contribution in [3.63, 3.8) is 0 Å². The summed E-state index contributed by atoms with van der Waals surface area (Å²) in [6.07, 6.45) is 0.558. The van der Waals surface area contributed by atoms with Gasteiger partial charge in [-0.05, 0) is 25.5 Å². The number of carbonyl (C=O) groups excluding carboxylic acids is 1. The van der Waals surface area contributed by atoms with Gasteiger partial charge in [0, 0.05) is 0 Å². The maximum atomic E-state index is 13.2. The molecule has 0 bridgehead atoms. The van der Waals surface area contributed by atoms with Crippen molar-refractivity contribution in [3.8, 4) is 0 Å². The Morgan fingerprint density at radius 2 is 2.24 bits per heavy atom. The number of hydrogen-bond acceptors (Lipinski definition) is 2. The van der Waals surface area contributed by atoms with Crippen LogP contribution in [0.2, 0.25) is 5.02 Å². The van der Waals surface area contributed by atoms with Gasteiger partial charge in [0.15, 0.2) is 0 Å². The lowest BCUT2D eigenvalue weighted by atomic mass is 9.99. The number of halogens is 2. The maximum absolute atomic E-state index is 13.2. The van der Waals surface area contributed by atoms with E-state index in [1.807, 2.05) is 6.92 Å². The Morgan fingerprint density at radius 3 is 2.76 bits per heavy atom. The van der Waals surface area contributed by atoms with Crippen molar-refractivity contribution in [1.29, 1.82) is 0 Å². The molecule has 94 valence electrons. The van der Waals surface area contributed by atoms with Crippen LogP contribution in [0.1, 0.15) is 30.6 Å². The average molecular weight is 260 g/mol. The number of carbonyl (C=O) groups is 1.